The number of aromatic amines is 1. The highest BCUT2D eigenvalue weighted by Gasteiger charge is 2.31. The summed E-state index contributed by atoms with van der Waals surface area (Å²) in [5.41, 5.74) is 1.27. The zero-order valence-corrected chi connectivity index (χ0v) is 13.5. The first-order chi connectivity index (χ1) is 9.86. The zero-order valence-electron chi connectivity index (χ0n) is 12.7. The average Bonchev–Trinajstić information content (AvgIpc) is 2.95. The summed E-state index contributed by atoms with van der Waals surface area (Å²) in [6, 6.07) is 0. The zero-order chi connectivity index (χ0) is 15.6. The Morgan fingerprint density at radius 3 is 2.86 bits per heavy atom. The van der Waals surface area contributed by atoms with Crippen molar-refractivity contribution in [3.8, 4) is 0 Å². The van der Waals surface area contributed by atoms with Crippen LogP contribution in [0.15, 0.2) is 6.20 Å². The topological polar surface area (TPSA) is 86.4 Å². The van der Waals surface area contributed by atoms with Crippen molar-refractivity contribution in [3.05, 3.63) is 17.5 Å². The van der Waals surface area contributed by atoms with Gasteiger partial charge in [-0.3, -0.25) is 9.89 Å². The lowest BCUT2D eigenvalue weighted by molar-refractivity contribution is 0.0825. The molecule has 0 radical (unpaired) electrons. The maximum Gasteiger partial charge on any atom is 0.256 e. The highest BCUT2D eigenvalue weighted by molar-refractivity contribution is 7.89. The fraction of sp³-hybridized carbons (Fsp3) is 0.692. The molecule has 0 aliphatic carbocycles. The monoisotopic (exact) mass is 314 g/mol. The van der Waals surface area contributed by atoms with Gasteiger partial charge in [0.25, 0.3) is 5.91 Å². The van der Waals surface area contributed by atoms with Crippen LogP contribution in [0.5, 0.6) is 0 Å². The van der Waals surface area contributed by atoms with E-state index in [9.17, 15) is 13.2 Å². The highest BCUT2D eigenvalue weighted by Crippen LogP contribution is 2.29. The number of H-pyrrole nitrogens is 1. The number of aromatic nitrogens is 2. The number of carbonyl (C=O) groups is 1. The van der Waals surface area contributed by atoms with E-state index in [1.165, 1.54) is 15.4 Å². The van der Waals surface area contributed by atoms with Gasteiger partial charge in [0, 0.05) is 33.1 Å². The van der Waals surface area contributed by atoms with E-state index in [-0.39, 0.29) is 17.6 Å². The number of piperidine rings is 1. The van der Waals surface area contributed by atoms with Crippen LogP contribution in [0.2, 0.25) is 0 Å². The normalized spacial score (nSPS) is 20.4. The third-order valence-electron chi connectivity index (χ3n) is 3.86. The summed E-state index contributed by atoms with van der Waals surface area (Å²) in [4.78, 5) is 13.6. The summed E-state index contributed by atoms with van der Waals surface area (Å²) in [6.07, 6.45) is 3.16. The molecule has 8 heteroatoms. The van der Waals surface area contributed by atoms with E-state index >= 15 is 0 Å². The van der Waals surface area contributed by atoms with Crippen molar-refractivity contribution in [1.29, 1.82) is 0 Å². The smallest absolute Gasteiger partial charge is 0.256 e. The van der Waals surface area contributed by atoms with Gasteiger partial charge in [-0.05, 0) is 19.8 Å². The number of hydrogen-bond acceptors (Lipinski definition) is 4. The second kappa shape index (κ2) is 6.15. The first-order valence-corrected chi connectivity index (χ1v) is 8.70. The molecular formula is C13H22N4O3S. The molecule has 1 aliphatic rings. The molecule has 1 amide bonds. The Hall–Kier alpha value is -1.41. The lowest BCUT2D eigenvalue weighted by atomic mass is 9.93. The minimum Gasteiger partial charge on any atom is -0.345 e. The average molecular weight is 314 g/mol. The molecule has 0 bridgehead atoms. The van der Waals surface area contributed by atoms with Crippen LogP contribution in [-0.4, -0.2) is 66.7 Å². The van der Waals surface area contributed by atoms with Gasteiger partial charge in [0.2, 0.25) is 10.0 Å². The SMILES string of the molecule is CCS(=O)(=O)N1CCCC(c2[nH]ncc2C(=O)N(C)C)C1. The van der Waals surface area contributed by atoms with Crippen LogP contribution in [-0.2, 0) is 10.0 Å². The lowest BCUT2D eigenvalue weighted by Gasteiger charge is -2.31. The maximum absolute atomic E-state index is 12.1. The van der Waals surface area contributed by atoms with Gasteiger partial charge in [-0.1, -0.05) is 0 Å². The van der Waals surface area contributed by atoms with E-state index in [0.29, 0.717) is 18.7 Å². The van der Waals surface area contributed by atoms with Gasteiger partial charge in [0.1, 0.15) is 0 Å². The molecule has 1 fully saturated rings. The van der Waals surface area contributed by atoms with Crippen molar-refractivity contribution in [2.24, 2.45) is 0 Å². The van der Waals surface area contributed by atoms with Gasteiger partial charge in [0.15, 0.2) is 0 Å². The molecule has 0 spiro atoms. The van der Waals surface area contributed by atoms with Gasteiger partial charge < -0.3 is 4.90 Å². The van der Waals surface area contributed by atoms with E-state index in [1.54, 1.807) is 21.0 Å². The summed E-state index contributed by atoms with van der Waals surface area (Å²) in [5, 5.41) is 6.85. The molecule has 1 unspecified atom stereocenters. The van der Waals surface area contributed by atoms with Crippen LogP contribution in [0.3, 0.4) is 0 Å². The number of nitrogens with one attached hydrogen (secondary N) is 1. The Morgan fingerprint density at radius 2 is 2.24 bits per heavy atom. The molecule has 1 aromatic heterocycles. The molecule has 118 valence electrons. The Morgan fingerprint density at radius 1 is 1.52 bits per heavy atom. The molecule has 0 saturated carbocycles. The van der Waals surface area contributed by atoms with Gasteiger partial charge in [0.05, 0.1) is 23.2 Å². The van der Waals surface area contributed by atoms with E-state index in [1.807, 2.05) is 0 Å². The van der Waals surface area contributed by atoms with Gasteiger partial charge >= 0.3 is 0 Å². The van der Waals surface area contributed by atoms with Gasteiger partial charge in [-0.25, -0.2) is 12.7 Å². The van der Waals surface area contributed by atoms with Crippen molar-refractivity contribution in [1.82, 2.24) is 19.4 Å². The number of rotatable bonds is 4. The largest absolute Gasteiger partial charge is 0.345 e. The number of carbonyl (C=O) groups excluding carboxylic acids is 1. The predicted octanol–water partition coefficient (Wildman–Crippen LogP) is 0.641. The van der Waals surface area contributed by atoms with Gasteiger partial charge in [-0.2, -0.15) is 5.10 Å². The number of amides is 1. The molecule has 0 aromatic carbocycles. The number of hydrogen-bond donors (Lipinski definition) is 1. The second-order valence-electron chi connectivity index (χ2n) is 5.49. The maximum atomic E-state index is 12.1. The van der Waals surface area contributed by atoms with E-state index in [0.717, 1.165) is 18.5 Å². The van der Waals surface area contributed by atoms with Crippen molar-refractivity contribution >= 4 is 15.9 Å². The third kappa shape index (κ3) is 3.26. The fourth-order valence-corrected chi connectivity index (χ4v) is 3.81. The minimum atomic E-state index is -3.19. The first-order valence-electron chi connectivity index (χ1n) is 7.09. The number of sulfonamides is 1. The van der Waals surface area contributed by atoms with E-state index < -0.39 is 10.0 Å². The molecule has 1 aromatic rings. The fourth-order valence-electron chi connectivity index (χ4n) is 2.63. The Labute approximate surface area is 125 Å². The quantitative estimate of drug-likeness (QED) is 0.883. The minimum absolute atomic E-state index is 0.0125. The summed E-state index contributed by atoms with van der Waals surface area (Å²) in [7, 11) is 0.186. The van der Waals surface area contributed by atoms with Crippen LogP contribution in [0.4, 0.5) is 0 Å². The third-order valence-corrected chi connectivity index (χ3v) is 5.70. The first kappa shape index (κ1) is 16.0. The van der Waals surface area contributed by atoms with Crippen molar-refractivity contribution in [3.63, 3.8) is 0 Å². The van der Waals surface area contributed by atoms with Crippen LogP contribution in [0.1, 0.15) is 41.7 Å². The Balaban J connectivity index is 2.23. The molecule has 1 aliphatic heterocycles. The highest BCUT2D eigenvalue weighted by atomic mass is 32.2. The van der Waals surface area contributed by atoms with Crippen molar-refractivity contribution in [2.75, 3.05) is 32.9 Å². The van der Waals surface area contributed by atoms with Crippen LogP contribution in [0, 0.1) is 0 Å². The molecule has 1 atom stereocenters. The van der Waals surface area contributed by atoms with Crippen molar-refractivity contribution < 1.29 is 13.2 Å². The molecule has 2 heterocycles. The molecule has 1 N–H and O–H groups in total. The lowest BCUT2D eigenvalue weighted by Crippen LogP contribution is -2.40. The van der Waals surface area contributed by atoms with Crippen molar-refractivity contribution in [2.45, 2.75) is 25.7 Å². The van der Waals surface area contributed by atoms with Gasteiger partial charge in [-0.15, -0.1) is 0 Å². The molecule has 1 saturated heterocycles. The Bertz CT molecular complexity index is 609. The van der Waals surface area contributed by atoms with E-state index in [2.05, 4.69) is 10.2 Å². The van der Waals surface area contributed by atoms with Crippen LogP contribution < -0.4 is 0 Å². The molecular weight excluding hydrogens is 292 g/mol. The van der Waals surface area contributed by atoms with Crippen LogP contribution >= 0.6 is 0 Å². The van der Waals surface area contributed by atoms with Crippen LogP contribution in [0.25, 0.3) is 0 Å². The summed E-state index contributed by atoms with van der Waals surface area (Å²) < 4.78 is 25.6. The molecule has 7 nitrogen and oxygen atoms in total. The standard InChI is InChI=1S/C13H22N4O3S/c1-4-21(19,20)17-7-5-6-10(9-17)12-11(8-14-15-12)13(18)16(2)3/h8,10H,4-7,9H2,1-3H3,(H,14,15). The summed E-state index contributed by atoms with van der Waals surface area (Å²) in [5.74, 6) is -0.0256. The predicted molar refractivity (Wildman–Crippen MR) is 79.6 cm³/mol. The summed E-state index contributed by atoms with van der Waals surface area (Å²) in [6.45, 7) is 2.61. The summed E-state index contributed by atoms with van der Waals surface area (Å²) >= 11 is 0. The second-order valence-corrected chi connectivity index (χ2v) is 7.75. The molecule has 21 heavy (non-hydrogen) atoms. The number of nitrogens with zero attached hydrogens (tertiary/aromatic N) is 3. The van der Waals surface area contributed by atoms with E-state index in [4.69, 9.17) is 0 Å². The molecule has 2 rings (SSSR count). The Kier molecular flexibility index (Phi) is 4.67.